The summed E-state index contributed by atoms with van der Waals surface area (Å²) in [6, 6.07) is 3.96. The van der Waals surface area contributed by atoms with Crippen molar-refractivity contribution >= 4 is 12.0 Å². The normalized spacial score (nSPS) is 17.7. The van der Waals surface area contributed by atoms with Crippen molar-refractivity contribution in [1.82, 2.24) is 9.80 Å². The molecule has 0 aromatic heterocycles. The van der Waals surface area contributed by atoms with Gasteiger partial charge in [0.2, 0.25) is 5.91 Å². The molecule has 0 aliphatic carbocycles. The van der Waals surface area contributed by atoms with Gasteiger partial charge in [-0.15, -0.1) is 0 Å². The number of likely N-dealkylation sites (tertiary alicyclic amines) is 1. The molecule has 1 aliphatic rings. The smallest absolute Gasteiger partial charge is 0.410 e. The first kappa shape index (κ1) is 21.1. The molecule has 2 amide bonds. The minimum atomic E-state index is -0.532. The highest BCUT2D eigenvalue weighted by molar-refractivity contribution is 5.85. The number of benzene rings is 1. The molecule has 1 unspecified atom stereocenters. The lowest BCUT2D eigenvalue weighted by atomic mass is 9.87. The second kappa shape index (κ2) is 8.19. The van der Waals surface area contributed by atoms with E-state index in [-0.39, 0.29) is 17.9 Å². The number of methoxy groups -OCH3 is 1. The fraction of sp³-hybridized carbons (Fsp3) is 0.619. The van der Waals surface area contributed by atoms with Gasteiger partial charge in [0.15, 0.2) is 0 Å². The number of likely N-dealkylation sites (N-methyl/N-ethyl adjacent to an activating group) is 1. The van der Waals surface area contributed by atoms with E-state index >= 15 is 0 Å². The van der Waals surface area contributed by atoms with Crippen LogP contribution in [0.5, 0.6) is 5.75 Å². The Balaban J connectivity index is 2.25. The molecule has 0 N–H and O–H groups in total. The third kappa shape index (κ3) is 5.15. The molecular formula is C21H32N2O4. The van der Waals surface area contributed by atoms with Gasteiger partial charge in [-0.3, -0.25) is 4.79 Å². The Hall–Kier alpha value is -2.24. The second-order valence-corrected chi connectivity index (χ2v) is 8.31. The van der Waals surface area contributed by atoms with Crippen LogP contribution in [0.4, 0.5) is 4.79 Å². The van der Waals surface area contributed by atoms with E-state index in [2.05, 4.69) is 0 Å². The monoisotopic (exact) mass is 376 g/mol. The Morgan fingerprint density at radius 3 is 2.59 bits per heavy atom. The van der Waals surface area contributed by atoms with E-state index in [4.69, 9.17) is 9.47 Å². The van der Waals surface area contributed by atoms with Crippen molar-refractivity contribution in [1.29, 1.82) is 0 Å². The SMILES string of the molecule is COc1cc(CN(C)C(=O)OC(C)(C)C)c(C)cc1C1CCCN(C)C1=O. The number of amides is 2. The zero-order valence-corrected chi connectivity index (χ0v) is 17.6. The van der Waals surface area contributed by atoms with E-state index in [1.54, 1.807) is 24.0 Å². The fourth-order valence-corrected chi connectivity index (χ4v) is 3.35. The molecule has 1 saturated heterocycles. The molecule has 1 heterocycles. The molecule has 1 aliphatic heterocycles. The minimum Gasteiger partial charge on any atom is -0.496 e. The van der Waals surface area contributed by atoms with Gasteiger partial charge in [-0.1, -0.05) is 6.07 Å². The van der Waals surface area contributed by atoms with Gasteiger partial charge in [-0.05, 0) is 57.7 Å². The first-order chi connectivity index (χ1) is 12.5. The van der Waals surface area contributed by atoms with Crippen molar-refractivity contribution in [2.75, 3.05) is 27.7 Å². The Bertz CT molecular complexity index is 709. The number of hydrogen-bond donors (Lipinski definition) is 0. The molecule has 6 nitrogen and oxygen atoms in total. The topological polar surface area (TPSA) is 59.1 Å². The van der Waals surface area contributed by atoms with Crippen LogP contribution in [0.15, 0.2) is 12.1 Å². The number of hydrogen-bond acceptors (Lipinski definition) is 4. The maximum absolute atomic E-state index is 12.6. The van der Waals surface area contributed by atoms with Crippen molar-refractivity contribution in [3.05, 3.63) is 28.8 Å². The zero-order chi connectivity index (χ0) is 20.4. The average molecular weight is 376 g/mol. The summed E-state index contributed by atoms with van der Waals surface area (Å²) in [6.07, 6.45) is 1.45. The molecule has 6 heteroatoms. The number of carbonyl (C=O) groups is 2. The summed E-state index contributed by atoms with van der Waals surface area (Å²) in [4.78, 5) is 28.2. The third-order valence-electron chi connectivity index (χ3n) is 4.84. The van der Waals surface area contributed by atoms with Crippen molar-refractivity contribution in [3.63, 3.8) is 0 Å². The van der Waals surface area contributed by atoms with Crippen LogP contribution in [0.1, 0.15) is 56.2 Å². The molecule has 0 spiro atoms. The van der Waals surface area contributed by atoms with Gasteiger partial charge in [-0.25, -0.2) is 4.79 Å². The van der Waals surface area contributed by atoms with Crippen LogP contribution in [-0.4, -0.2) is 55.2 Å². The highest BCUT2D eigenvalue weighted by Crippen LogP contribution is 2.36. The van der Waals surface area contributed by atoms with Crippen molar-refractivity contribution in [3.8, 4) is 5.75 Å². The number of piperidine rings is 1. The van der Waals surface area contributed by atoms with Crippen LogP contribution in [0.25, 0.3) is 0 Å². The largest absolute Gasteiger partial charge is 0.496 e. The molecule has 27 heavy (non-hydrogen) atoms. The van der Waals surface area contributed by atoms with E-state index in [0.717, 1.165) is 36.1 Å². The number of ether oxygens (including phenoxy) is 2. The van der Waals surface area contributed by atoms with Crippen LogP contribution in [0.2, 0.25) is 0 Å². The molecule has 0 bridgehead atoms. The number of carbonyl (C=O) groups excluding carboxylic acids is 2. The molecule has 1 fully saturated rings. The Labute approximate surface area is 162 Å². The number of aryl methyl sites for hydroxylation is 1. The summed E-state index contributed by atoms with van der Waals surface area (Å²) in [5.41, 5.74) is 2.40. The quantitative estimate of drug-likeness (QED) is 0.804. The van der Waals surface area contributed by atoms with Gasteiger partial charge in [0.1, 0.15) is 11.4 Å². The van der Waals surface area contributed by atoms with E-state index in [1.807, 2.05) is 46.9 Å². The first-order valence-corrected chi connectivity index (χ1v) is 9.40. The van der Waals surface area contributed by atoms with E-state index in [1.165, 1.54) is 0 Å². The summed E-state index contributed by atoms with van der Waals surface area (Å²) in [5.74, 6) is 0.662. The standard InChI is InChI=1S/C21H32N2O4/c1-14-11-17(16-9-8-10-22(5)19(16)24)18(26-7)12-15(14)13-23(6)20(25)27-21(2,3)4/h11-12,16H,8-10,13H2,1-7H3. The van der Waals surface area contributed by atoms with Gasteiger partial charge >= 0.3 is 6.09 Å². The molecule has 0 saturated carbocycles. The van der Waals surface area contributed by atoms with Gasteiger partial charge in [0.05, 0.1) is 13.0 Å². The average Bonchev–Trinajstić information content (AvgIpc) is 2.57. The second-order valence-electron chi connectivity index (χ2n) is 8.31. The fourth-order valence-electron chi connectivity index (χ4n) is 3.35. The zero-order valence-electron chi connectivity index (χ0n) is 17.6. The van der Waals surface area contributed by atoms with Crippen molar-refractivity contribution in [2.24, 2.45) is 0 Å². The molecular weight excluding hydrogens is 344 g/mol. The summed E-state index contributed by atoms with van der Waals surface area (Å²) >= 11 is 0. The molecule has 1 atom stereocenters. The van der Waals surface area contributed by atoms with Crippen molar-refractivity contribution < 1.29 is 19.1 Å². The van der Waals surface area contributed by atoms with E-state index < -0.39 is 5.60 Å². The Morgan fingerprint density at radius 1 is 1.33 bits per heavy atom. The Morgan fingerprint density at radius 2 is 2.00 bits per heavy atom. The molecule has 150 valence electrons. The van der Waals surface area contributed by atoms with Crippen LogP contribution >= 0.6 is 0 Å². The van der Waals surface area contributed by atoms with Gasteiger partial charge < -0.3 is 19.3 Å². The number of rotatable bonds is 4. The molecule has 2 rings (SSSR count). The van der Waals surface area contributed by atoms with Crippen LogP contribution in [0, 0.1) is 6.92 Å². The molecule has 1 aromatic rings. The van der Waals surface area contributed by atoms with E-state index in [9.17, 15) is 9.59 Å². The summed E-state index contributed by atoms with van der Waals surface area (Å²) in [6.45, 7) is 8.75. The van der Waals surface area contributed by atoms with Crippen molar-refractivity contribution in [2.45, 2.75) is 58.6 Å². The lowest BCUT2D eigenvalue weighted by molar-refractivity contribution is -0.133. The van der Waals surface area contributed by atoms with Crippen LogP contribution < -0.4 is 4.74 Å². The maximum Gasteiger partial charge on any atom is 0.410 e. The van der Waals surface area contributed by atoms with E-state index in [0.29, 0.717) is 12.3 Å². The molecule has 1 aromatic carbocycles. The lowest BCUT2D eigenvalue weighted by Gasteiger charge is -2.31. The Kier molecular flexibility index (Phi) is 6.39. The van der Waals surface area contributed by atoms with Gasteiger partial charge in [-0.2, -0.15) is 0 Å². The summed E-state index contributed by atoms with van der Waals surface area (Å²) < 4.78 is 11.0. The highest BCUT2D eigenvalue weighted by atomic mass is 16.6. The van der Waals surface area contributed by atoms with Crippen LogP contribution in [-0.2, 0) is 16.1 Å². The lowest BCUT2D eigenvalue weighted by Crippen LogP contribution is -2.37. The van der Waals surface area contributed by atoms with Crippen LogP contribution in [0.3, 0.4) is 0 Å². The molecule has 0 radical (unpaired) electrons. The van der Waals surface area contributed by atoms with Gasteiger partial charge in [0.25, 0.3) is 0 Å². The predicted molar refractivity (Wildman–Crippen MR) is 105 cm³/mol. The predicted octanol–water partition coefficient (Wildman–Crippen LogP) is 3.71. The highest BCUT2D eigenvalue weighted by Gasteiger charge is 2.30. The maximum atomic E-state index is 12.6. The first-order valence-electron chi connectivity index (χ1n) is 9.40. The summed E-state index contributed by atoms with van der Waals surface area (Å²) in [7, 11) is 5.18. The summed E-state index contributed by atoms with van der Waals surface area (Å²) in [5, 5.41) is 0. The third-order valence-corrected chi connectivity index (χ3v) is 4.84. The number of nitrogens with zero attached hydrogens (tertiary/aromatic N) is 2. The minimum absolute atomic E-state index is 0.137. The van der Waals surface area contributed by atoms with Gasteiger partial charge in [0, 0.05) is 32.7 Å².